The highest BCUT2D eigenvalue weighted by molar-refractivity contribution is 7.17. The Balaban J connectivity index is 1.75. The van der Waals surface area contributed by atoms with Crippen molar-refractivity contribution in [2.24, 2.45) is 0 Å². The van der Waals surface area contributed by atoms with Crippen molar-refractivity contribution >= 4 is 68.4 Å². The van der Waals surface area contributed by atoms with E-state index in [-0.39, 0.29) is 21.1 Å². The van der Waals surface area contributed by atoms with Crippen LogP contribution in [0, 0.1) is 22.7 Å². The lowest BCUT2D eigenvalue weighted by Gasteiger charge is -2.34. The van der Waals surface area contributed by atoms with Crippen molar-refractivity contribution < 1.29 is 47.7 Å². The van der Waals surface area contributed by atoms with Gasteiger partial charge < -0.3 is 29.6 Å². The molecule has 2 aliphatic rings. The average molecular weight is 867 g/mol. The molecule has 0 bridgehead atoms. The summed E-state index contributed by atoms with van der Waals surface area (Å²) in [7, 11) is 0. The van der Waals surface area contributed by atoms with Crippen molar-refractivity contribution in [2.45, 2.75) is 181 Å². The molecule has 326 valence electrons. The van der Waals surface area contributed by atoms with E-state index < -0.39 is 60.1 Å². The lowest BCUT2D eigenvalue weighted by Crippen LogP contribution is -2.57. The highest BCUT2D eigenvalue weighted by atomic mass is 32.1. The minimum atomic E-state index is -2.08. The van der Waals surface area contributed by atoms with Crippen LogP contribution < -0.4 is 10.6 Å². The molecule has 14 nitrogen and oxygen atoms in total. The van der Waals surface area contributed by atoms with Crippen LogP contribution in [0.3, 0.4) is 0 Å². The van der Waals surface area contributed by atoms with Crippen molar-refractivity contribution in [2.75, 3.05) is 10.6 Å². The molecule has 0 fully saturated rings. The Morgan fingerprint density at radius 3 is 1.03 bits per heavy atom. The van der Waals surface area contributed by atoms with Gasteiger partial charge in [0.05, 0.1) is 11.1 Å². The van der Waals surface area contributed by atoms with E-state index in [9.17, 15) is 39.3 Å². The smallest absolute Gasteiger partial charge is 0.303 e. The molecule has 0 aliphatic heterocycles. The van der Waals surface area contributed by atoms with E-state index in [0.717, 1.165) is 138 Å². The summed E-state index contributed by atoms with van der Waals surface area (Å²) in [6.45, 7) is 4.02. The number of nitriles is 2. The van der Waals surface area contributed by atoms with Crippen LogP contribution in [0.5, 0.6) is 0 Å². The molecule has 0 spiro atoms. The summed E-state index contributed by atoms with van der Waals surface area (Å²) >= 11 is 2.48. The lowest BCUT2D eigenvalue weighted by atomic mass is 9.97. The Morgan fingerprint density at radius 1 is 0.467 bits per heavy atom. The fourth-order valence-corrected chi connectivity index (χ4v) is 10.4. The molecule has 0 saturated carbocycles. The van der Waals surface area contributed by atoms with Gasteiger partial charge in [0.15, 0.2) is 12.2 Å². The Bertz CT molecular complexity index is 1790. The Kier molecular flexibility index (Phi) is 19.5. The van der Waals surface area contributed by atoms with Gasteiger partial charge in [-0.2, -0.15) is 10.5 Å². The number of hydrogen-bond donors (Lipinski definition) is 2. The van der Waals surface area contributed by atoms with Gasteiger partial charge in [0, 0.05) is 37.4 Å². The maximum absolute atomic E-state index is 14.4. The number of nitrogens with one attached hydrogen (secondary N) is 2. The number of rotatable bonds is 11. The van der Waals surface area contributed by atoms with Crippen molar-refractivity contribution in [1.29, 1.82) is 10.5 Å². The van der Waals surface area contributed by atoms with Crippen LogP contribution in [0.1, 0.15) is 162 Å². The van der Waals surface area contributed by atoms with Crippen LogP contribution in [0.2, 0.25) is 0 Å². The molecule has 60 heavy (non-hydrogen) atoms. The average Bonchev–Trinajstić information content (AvgIpc) is 3.68. The zero-order valence-electron chi connectivity index (χ0n) is 35.2. The second-order valence-corrected chi connectivity index (χ2v) is 17.7. The third kappa shape index (κ3) is 14.2. The number of anilines is 2. The van der Waals surface area contributed by atoms with Crippen LogP contribution >= 0.6 is 22.7 Å². The first kappa shape index (κ1) is 47.9. The normalized spacial score (nSPS) is 17.4. The van der Waals surface area contributed by atoms with Gasteiger partial charge in [-0.05, 0) is 62.5 Å². The van der Waals surface area contributed by atoms with Crippen LogP contribution in [0.4, 0.5) is 10.0 Å². The fourth-order valence-electron chi connectivity index (χ4n) is 7.91. The summed E-state index contributed by atoms with van der Waals surface area (Å²) < 4.78 is 22.1. The predicted molar refractivity (Wildman–Crippen MR) is 226 cm³/mol. The van der Waals surface area contributed by atoms with Crippen molar-refractivity contribution in [3.05, 3.63) is 32.0 Å². The van der Waals surface area contributed by atoms with Gasteiger partial charge in [0.25, 0.3) is 11.8 Å². The Morgan fingerprint density at radius 2 is 0.750 bits per heavy atom. The largest absolute Gasteiger partial charge is 0.454 e. The molecule has 4 unspecified atom stereocenters. The van der Waals surface area contributed by atoms with Gasteiger partial charge in [-0.15, -0.1) is 22.7 Å². The molecule has 4 atom stereocenters. The summed E-state index contributed by atoms with van der Waals surface area (Å²) in [6, 6.07) is 4.47. The molecule has 2 aliphatic carbocycles. The molecule has 2 aromatic rings. The van der Waals surface area contributed by atoms with E-state index in [1.807, 2.05) is 0 Å². The summed E-state index contributed by atoms with van der Waals surface area (Å²) in [6.07, 6.45) is 11.2. The summed E-state index contributed by atoms with van der Waals surface area (Å²) in [5.41, 5.74) is 2.24. The van der Waals surface area contributed by atoms with E-state index in [1.165, 1.54) is 35.5 Å². The van der Waals surface area contributed by atoms with Gasteiger partial charge in [0.2, 0.25) is 12.2 Å². The minimum Gasteiger partial charge on any atom is -0.454 e. The Hall–Kier alpha value is -4.80. The number of hydrogen-bond acceptors (Lipinski definition) is 14. The first-order chi connectivity index (χ1) is 28.8. The molecule has 4 rings (SSSR count). The van der Waals surface area contributed by atoms with E-state index in [1.54, 1.807) is 0 Å². The number of aryl methyl sites for hydroxylation is 2. The monoisotopic (exact) mass is 866 g/mol. The molecule has 0 aromatic carbocycles. The van der Waals surface area contributed by atoms with Crippen LogP contribution in [0.15, 0.2) is 0 Å². The number of thiophene rings is 2. The van der Waals surface area contributed by atoms with E-state index in [4.69, 9.17) is 18.9 Å². The van der Waals surface area contributed by atoms with Crippen molar-refractivity contribution in [3.63, 3.8) is 0 Å². The molecular weight excluding hydrogens is 809 g/mol. The third-order valence-electron chi connectivity index (χ3n) is 10.7. The van der Waals surface area contributed by atoms with Crippen molar-refractivity contribution in [3.8, 4) is 12.1 Å². The van der Waals surface area contributed by atoms with Crippen LogP contribution in [-0.2, 0) is 73.4 Å². The summed E-state index contributed by atoms with van der Waals surface area (Å²) in [4.78, 5) is 81.4. The van der Waals surface area contributed by atoms with Gasteiger partial charge >= 0.3 is 23.9 Å². The molecule has 0 radical (unpaired) electrons. The van der Waals surface area contributed by atoms with Gasteiger partial charge in [-0.1, -0.05) is 77.0 Å². The summed E-state index contributed by atoms with van der Waals surface area (Å²) in [5, 5.41) is 26.5. The highest BCUT2D eigenvalue weighted by Crippen LogP contribution is 2.38. The van der Waals surface area contributed by atoms with E-state index >= 15 is 0 Å². The summed E-state index contributed by atoms with van der Waals surface area (Å²) in [5.74, 6) is -6.10. The number of fused-ring (bicyclic) bond motifs is 2. The zero-order valence-corrected chi connectivity index (χ0v) is 36.9. The molecule has 2 N–H and O–H groups in total. The van der Waals surface area contributed by atoms with Crippen LogP contribution in [0.25, 0.3) is 0 Å². The number of esters is 4. The first-order valence-corrected chi connectivity index (χ1v) is 22.9. The highest BCUT2D eigenvalue weighted by Gasteiger charge is 2.49. The lowest BCUT2D eigenvalue weighted by molar-refractivity contribution is -0.198. The van der Waals surface area contributed by atoms with E-state index in [0.29, 0.717) is 25.7 Å². The molecule has 16 heteroatoms. The number of ether oxygens (including phenoxy) is 4. The molecule has 2 heterocycles. The van der Waals surface area contributed by atoms with Gasteiger partial charge in [-0.25, -0.2) is 0 Å². The molecule has 2 aromatic heterocycles. The van der Waals surface area contributed by atoms with Crippen LogP contribution in [-0.4, -0.2) is 60.1 Å². The second-order valence-electron chi connectivity index (χ2n) is 15.5. The van der Waals surface area contributed by atoms with Gasteiger partial charge in [-0.3, -0.25) is 28.8 Å². The quantitative estimate of drug-likeness (QED) is 0.161. The molecular formula is C44H58N4O10S2. The molecule has 2 amide bonds. The van der Waals surface area contributed by atoms with Crippen molar-refractivity contribution in [1.82, 2.24) is 0 Å². The first-order valence-electron chi connectivity index (χ1n) is 21.2. The topological polar surface area (TPSA) is 211 Å². The second kappa shape index (κ2) is 24.5. The maximum atomic E-state index is 14.4. The standard InChI is InChI=1S/C44H58N4O10S2/c1-27(49)55-37(39(57-29(3)51)41(53)47-43-33(25-45)31-21-17-13-9-5-7-11-15-19-23-35(31)59-43)38(56-28(2)50)40(58-30(4)52)42(54)48-44-34(26-46)32-22-18-14-10-6-8-12-16-20-24-36(32)60-44/h37-40H,5-24H2,1-4H3,(H,47,53)(H,48,54). The zero-order chi connectivity index (χ0) is 43.6. The number of nitrogens with zero attached hydrogens (tertiary/aromatic N) is 2. The Labute approximate surface area is 360 Å². The number of carbonyl (C=O) groups is 6. The predicted octanol–water partition coefficient (Wildman–Crippen LogP) is 8.30. The van der Waals surface area contributed by atoms with Gasteiger partial charge in [0.1, 0.15) is 22.1 Å². The number of amides is 2. The van der Waals surface area contributed by atoms with E-state index in [2.05, 4.69) is 22.8 Å². The SMILES string of the molecule is CC(=O)OC(C(=O)Nc1sc2c(c1C#N)CCCCCCCCCC2)C(OC(C)=O)C(OC(C)=O)C(OC(C)=O)C(=O)Nc1sc2c(c1C#N)CCCCCCCCCC2. The maximum Gasteiger partial charge on any atom is 0.303 e. The molecule has 0 saturated heterocycles. The minimum absolute atomic E-state index is 0.203. The fraction of sp³-hybridized carbons (Fsp3) is 0.636. The third-order valence-corrected chi connectivity index (χ3v) is 13.1. The number of carbonyl (C=O) groups excluding carboxylic acids is 6.